The standard InChI is InChI=1S/C8H9S.3FH/c1-6-3-4-7(2)8(9)5-6;;;/h3-5H,1-2H3;3*1H. The summed E-state index contributed by atoms with van der Waals surface area (Å²) in [6, 6.07) is 6.15. The van der Waals surface area contributed by atoms with E-state index in [-0.39, 0.29) is 14.1 Å². The van der Waals surface area contributed by atoms with E-state index in [1.165, 1.54) is 11.1 Å². The van der Waals surface area contributed by atoms with Crippen LogP contribution in [0, 0.1) is 13.8 Å². The van der Waals surface area contributed by atoms with Crippen LogP contribution in [-0.4, -0.2) is 0 Å². The quantitative estimate of drug-likeness (QED) is 0.598. The summed E-state index contributed by atoms with van der Waals surface area (Å²) < 4.78 is 0. The normalized spacial score (nSPS) is 7.17. The fourth-order valence-corrected chi connectivity index (χ4v) is 0.961. The van der Waals surface area contributed by atoms with Crippen molar-refractivity contribution < 1.29 is 14.1 Å². The Morgan fingerprint density at radius 2 is 1.50 bits per heavy atom. The van der Waals surface area contributed by atoms with Crippen LogP contribution in [0.2, 0.25) is 0 Å². The fourth-order valence-electron chi connectivity index (χ4n) is 0.707. The molecule has 0 aromatic heterocycles. The monoisotopic (exact) mass is 197 g/mol. The highest BCUT2D eigenvalue weighted by molar-refractivity contribution is 7.80. The Bertz CT molecular complexity index is 226. The van der Waals surface area contributed by atoms with Gasteiger partial charge in [-0.3, -0.25) is 14.1 Å². The Kier molecular flexibility index (Phi) is 9.99. The van der Waals surface area contributed by atoms with Gasteiger partial charge in [0.05, 0.1) is 0 Å². The van der Waals surface area contributed by atoms with Gasteiger partial charge in [-0.15, -0.1) is 0 Å². The smallest absolute Gasteiger partial charge is 0.0408 e. The molecule has 0 aliphatic rings. The SMILES string of the molecule is Cc1ccc(C)c([S])c1.F.F.F. The molecule has 0 nitrogen and oxygen atoms in total. The van der Waals surface area contributed by atoms with Crippen molar-refractivity contribution in [1.29, 1.82) is 0 Å². The van der Waals surface area contributed by atoms with Gasteiger partial charge in [-0.05, 0) is 31.0 Å². The maximum absolute atomic E-state index is 5.04. The van der Waals surface area contributed by atoms with E-state index in [9.17, 15) is 0 Å². The number of hydrogen-bond acceptors (Lipinski definition) is 0. The van der Waals surface area contributed by atoms with Gasteiger partial charge in [0.25, 0.3) is 0 Å². The second-order valence-corrected chi connectivity index (χ2v) is 2.71. The zero-order chi connectivity index (χ0) is 6.85. The molecule has 1 aromatic rings. The van der Waals surface area contributed by atoms with Crippen molar-refractivity contribution in [3.63, 3.8) is 0 Å². The summed E-state index contributed by atoms with van der Waals surface area (Å²) in [5, 5.41) is 0. The van der Waals surface area contributed by atoms with E-state index in [4.69, 9.17) is 12.6 Å². The minimum atomic E-state index is 0. The first-order chi connectivity index (χ1) is 4.20. The van der Waals surface area contributed by atoms with Crippen molar-refractivity contribution in [2.45, 2.75) is 18.7 Å². The van der Waals surface area contributed by atoms with Gasteiger partial charge in [-0.25, -0.2) is 0 Å². The average Bonchev–Trinajstić information content (AvgIpc) is 1.80. The highest BCUT2D eigenvalue weighted by Gasteiger charge is 1.91. The lowest BCUT2D eigenvalue weighted by Gasteiger charge is -1.96. The van der Waals surface area contributed by atoms with E-state index >= 15 is 0 Å². The van der Waals surface area contributed by atoms with E-state index < -0.39 is 0 Å². The molecule has 0 bridgehead atoms. The van der Waals surface area contributed by atoms with Gasteiger partial charge in [0.1, 0.15) is 0 Å². The molecule has 0 unspecified atom stereocenters. The van der Waals surface area contributed by atoms with E-state index in [0.717, 1.165) is 4.90 Å². The van der Waals surface area contributed by atoms with Crippen LogP contribution in [0.4, 0.5) is 14.1 Å². The molecule has 1 rings (SSSR count). The number of benzene rings is 1. The zero-order valence-electron chi connectivity index (χ0n) is 6.87. The Balaban J connectivity index is -0.000000270. The highest BCUT2D eigenvalue weighted by atomic mass is 32.1. The maximum atomic E-state index is 5.04. The van der Waals surface area contributed by atoms with Crippen molar-refractivity contribution in [1.82, 2.24) is 0 Å². The van der Waals surface area contributed by atoms with Crippen LogP contribution in [0.5, 0.6) is 0 Å². The molecule has 0 atom stereocenters. The summed E-state index contributed by atoms with van der Waals surface area (Å²) in [7, 11) is 0. The molecule has 0 spiro atoms. The first kappa shape index (κ1) is 17.4. The third-order valence-electron chi connectivity index (χ3n) is 1.34. The van der Waals surface area contributed by atoms with Crippen molar-refractivity contribution in [3.05, 3.63) is 29.3 Å². The first-order valence-corrected chi connectivity index (χ1v) is 3.35. The van der Waals surface area contributed by atoms with Crippen molar-refractivity contribution in [3.8, 4) is 0 Å². The summed E-state index contributed by atoms with van der Waals surface area (Å²) in [5.74, 6) is 0. The number of halogens is 3. The molecule has 0 saturated carbocycles. The van der Waals surface area contributed by atoms with Crippen molar-refractivity contribution in [2.24, 2.45) is 0 Å². The van der Waals surface area contributed by atoms with E-state index in [2.05, 4.69) is 19.1 Å². The minimum Gasteiger partial charge on any atom is -0.269 e. The lowest BCUT2D eigenvalue weighted by Crippen LogP contribution is -1.76. The molecule has 1 radical (unpaired) electrons. The lowest BCUT2D eigenvalue weighted by molar-refractivity contribution is 1.11. The van der Waals surface area contributed by atoms with Gasteiger partial charge in [0.15, 0.2) is 0 Å². The molecule has 0 aliphatic heterocycles. The molecule has 12 heavy (non-hydrogen) atoms. The molecule has 71 valence electrons. The van der Waals surface area contributed by atoms with Crippen LogP contribution in [0.3, 0.4) is 0 Å². The van der Waals surface area contributed by atoms with Gasteiger partial charge >= 0.3 is 0 Å². The molecule has 1 aromatic carbocycles. The van der Waals surface area contributed by atoms with Crippen molar-refractivity contribution in [2.75, 3.05) is 0 Å². The van der Waals surface area contributed by atoms with E-state index in [1.54, 1.807) is 0 Å². The van der Waals surface area contributed by atoms with Gasteiger partial charge in [-0.2, -0.15) is 0 Å². The third kappa shape index (κ3) is 4.18. The first-order valence-electron chi connectivity index (χ1n) is 2.94. The second kappa shape index (κ2) is 6.91. The molecular formula is C8H12F3S. The Labute approximate surface area is 75.5 Å². The van der Waals surface area contributed by atoms with Crippen LogP contribution in [-0.2, 0) is 0 Å². The summed E-state index contributed by atoms with van der Waals surface area (Å²) in [6.45, 7) is 4.08. The van der Waals surface area contributed by atoms with Crippen LogP contribution < -0.4 is 0 Å². The predicted molar refractivity (Wildman–Crippen MR) is 49.3 cm³/mol. The van der Waals surface area contributed by atoms with Gasteiger partial charge in [0, 0.05) is 4.90 Å². The van der Waals surface area contributed by atoms with E-state index in [0.29, 0.717) is 0 Å². The molecule has 4 heteroatoms. The summed E-state index contributed by atoms with van der Waals surface area (Å²) >= 11 is 5.04. The number of rotatable bonds is 0. The van der Waals surface area contributed by atoms with Crippen LogP contribution in [0.15, 0.2) is 23.1 Å². The lowest BCUT2D eigenvalue weighted by atomic mass is 10.2. The average molecular weight is 197 g/mol. The highest BCUT2D eigenvalue weighted by Crippen LogP contribution is 2.13. The molecule has 0 amide bonds. The molecule has 0 saturated heterocycles. The van der Waals surface area contributed by atoms with Gasteiger partial charge in [-0.1, -0.05) is 24.8 Å². The molecule has 0 heterocycles. The molecule has 0 N–H and O–H groups in total. The van der Waals surface area contributed by atoms with Gasteiger partial charge < -0.3 is 0 Å². The fraction of sp³-hybridized carbons (Fsp3) is 0.250. The maximum Gasteiger partial charge on any atom is 0.0408 e. The topological polar surface area (TPSA) is 0 Å². The Hall–Kier alpha value is -0.770. The van der Waals surface area contributed by atoms with Crippen LogP contribution >= 0.6 is 12.6 Å². The van der Waals surface area contributed by atoms with Crippen molar-refractivity contribution >= 4 is 12.6 Å². The Morgan fingerprint density at radius 3 is 1.83 bits per heavy atom. The zero-order valence-corrected chi connectivity index (χ0v) is 7.68. The minimum absolute atomic E-state index is 0. The predicted octanol–water partition coefficient (Wildman–Crippen LogP) is 3.32. The number of aryl methyl sites for hydroxylation is 2. The molecule has 0 aliphatic carbocycles. The molecular weight excluding hydrogens is 185 g/mol. The van der Waals surface area contributed by atoms with Crippen LogP contribution in [0.25, 0.3) is 0 Å². The second-order valence-electron chi connectivity index (χ2n) is 2.27. The van der Waals surface area contributed by atoms with Crippen LogP contribution in [0.1, 0.15) is 11.1 Å². The summed E-state index contributed by atoms with van der Waals surface area (Å²) in [4.78, 5) is 0.968. The van der Waals surface area contributed by atoms with Gasteiger partial charge in [0.2, 0.25) is 0 Å². The largest absolute Gasteiger partial charge is 0.269 e. The molecule has 0 fully saturated rings. The summed E-state index contributed by atoms with van der Waals surface area (Å²) in [6.07, 6.45) is 0. The Morgan fingerprint density at radius 1 is 1.00 bits per heavy atom. The third-order valence-corrected chi connectivity index (χ3v) is 1.78. The summed E-state index contributed by atoms with van der Waals surface area (Å²) in [5.41, 5.74) is 2.43. The van der Waals surface area contributed by atoms with E-state index in [1.807, 2.05) is 13.0 Å². The number of hydrogen-bond donors (Lipinski definition) is 0.